The number of nitrogens with zero attached hydrogens (tertiary/aromatic N) is 2. The second-order valence-electron chi connectivity index (χ2n) is 5.48. The van der Waals surface area contributed by atoms with Gasteiger partial charge < -0.3 is 10.3 Å². The number of hydrogen-bond acceptors (Lipinski definition) is 2. The predicted molar refractivity (Wildman–Crippen MR) is 83.7 cm³/mol. The van der Waals surface area contributed by atoms with E-state index in [0.29, 0.717) is 22.9 Å². The van der Waals surface area contributed by atoms with Crippen LogP contribution in [0.1, 0.15) is 24.0 Å². The van der Waals surface area contributed by atoms with E-state index >= 15 is 0 Å². The molecule has 0 aliphatic carbocycles. The summed E-state index contributed by atoms with van der Waals surface area (Å²) in [5, 5.41) is 0. The Morgan fingerprint density at radius 2 is 1.95 bits per heavy atom. The first kappa shape index (κ1) is 13.6. The lowest BCUT2D eigenvalue weighted by molar-refractivity contribution is 0.613. The molecular formula is C17H18FN3. The number of anilines is 1. The zero-order valence-electron chi connectivity index (χ0n) is 12.2. The highest BCUT2D eigenvalue weighted by molar-refractivity contribution is 5.79. The van der Waals surface area contributed by atoms with Gasteiger partial charge in [-0.15, -0.1) is 0 Å². The molecule has 1 heterocycles. The molecule has 21 heavy (non-hydrogen) atoms. The molecule has 0 radical (unpaired) electrons. The van der Waals surface area contributed by atoms with Gasteiger partial charge in [-0.3, -0.25) is 0 Å². The van der Waals surface area contributed by atoms with Crippen molar-refractivity contribution in [2.45, 2.75) is 26.3 Å². The molecule has 3 aromatic rings. The van der Waals surface area contributed by atoms with Crippen LogP contribution in [-0.2, 0) is 6.54 Å². The molecule has 1 aromatic heterocycles. The van der Waals surface area contributed by atoms with Gasteiger partial charge in [0.25, 0.3) is 0 Å². The van der Waals surface area contributed by atoms with Crippen molar-refractivity contribution < 1.29 is 4.39 Å². The zero-order chi connectivity index (χ0) is 15.0. The minimum Gasteiger partial charge on any atom is -0.369 e. The predicted octanol–water partition coefficient (Wildman–Crippen LogP) is 3.87. The number of nitrogen functional groups attached to an aromatic ring is 1. The molecule has 0 amide bonds. The molecule has 0 saturated heterocycles. The van der Waals surface area contributed by atoms with Crippen LogP contribution in [0.5, 0.6) is 0 Å². The van der Waals surface area contributed by atoms with E-state index in [-0.39, 0.29) is 5.82 Å². The van der Waals surface area contributed by atoms with Crippen molar-refractivity contribution >= 4 is 17.0 Å². The van der Waals surface area contributed by atoms with E-state index in [9.17, 15) is 4.39 Å². The van der Waals surface area contributed by atoms with Crippen molar-refractivity contribution in [1.29, 1.82) is 0 Å². The number of nitrogens with two attached hydrogens (primary N) is 1. The van der Waals surface area contributed by atoms with Gasteiger partial charge in [-0.25, -0.2) is 9.37 Å². The van der Waals surface area contributed by atoms with Crippen LogP contribution in [0.2, 0.25) is 0 Å². The van der Waals surface area contributed by atoms with E-state index in [1.807, 2.05) is 28.8 Å². The number of fused-ring (bicyclic) bond motifs is 1. The topological polar surface area (TPSA) is 43.8 Å². The molecule has 0 aliphatic rings. The summed E-state index contributed by atoms with van der Waals surface area (Å²) in [5.74, 6) is 0.484. The molecule has 4 heteroatoms. The van der Waals surface area contributed by atoms with E-state index in [1.54, 1.807) is 6.92 Å². The Morgan fingerprint density at radius 1 is 1.24 bits per heavy atom. The molecule has 1 unspecified atom stereocenters. The van der Waals surface area contributed by atoms with Crippen LogP contribution in [0.4, 0.5) is 10.3 Å². The molecular weight excluding hydrogens is 265 g/mol. The first-order valence-corrected chi connectivity index (χ1v) is 7.03. The summed E-state index contributed by atoms with van der Waals surface area (Å²) in [6, 6.07) is 13.5. The van der Waals surface area contributed by atoms with Crippen molar-refractivity contribution in [2.75, 3.05) is 5.73 Å². The van der Waals surface area contributed by atoms with Crippen LogP contribution in [0.15, 0.2) is 42.5 Å². The fourth-order valence-electron chi connectivity index (χ4n) is 2.62. The highest BCUT2D eigenvalue weighted by atomic mass is 19.1. The average Bonchev–Trinajstić information content (AvgIpc) is 2.76. The van der Waals surface area contributed by atoms with Gasteiger partial charge in [0, 0.05) is 12.6 Å². The monoisotopic (exact) mass is 283 g/mol. The van der Waals surface area contributed by atoms with Crippen LogP contribution in [0.3, 0.4) is 0 Å². The van der Waals surface area contributed by atoms with Crippen LogP contribution in [0, 0.1) is 12.7 Å². The number of rotatable bonds is 3. The lowest BCUT2D eigenvalue weighted by atomic mass is 10.0. The Labute approximate surface area is 123 Å². The Kier molecular flexibility index (Phi) is 3.37. The van der Waals surface area contributed by atoms with Gasteiger partial charge in [-0.2, -0.15) is 0 Å². The molecule has 2 N–H and O–H groups in total. The number of benzene rings is 2. The van der Waals surface area contributed by atoms with Crippen LogP contribution in [0.25, 0.3) is 11.0 Å². The van der Waals surface area contributed by atoms with Crippen LogP contribution in [-0.4, -0.2) is 9.55 Å². The fourth-order valence-corrected chi connectivity index (χ4v) is 2.62. The van der Waals surface area contributed by atoms with Crippen molar-refractivity contribution in [3.63, 3.8) is 0 Å². The molecule has 1 atom stereocenters. The number of aryl methyl sites for hydroxylation is 1. The SMILES string of the molecule is Cc1cc2c(cc1F)nc(N)n2CC(C)c1ccccc1. The first-order chi connectivity index (χ1) is 10.1. The number of hydrogen-bond donors (Lipinski definition) is 1. The van der Waals surface area contributed by atoms with Crippen molar-refractivity contribution in [2.24, 2.45) is 0 Å². The largest absolute Gasteiger partial charge is 0.369 e. The van der Waals surface area contributed by atoms with Crippen LogP contribution >= 0.6 is 0 Å². The maximum absolute atomic E-state index is 13.6. The summed E-state index contributed by atoms with van der Waals surface area (Å²) in [7, 11) is 0. The minimum absolute atomic E-state index is 0.247. The smallest absolute Gasteiger partial charge is 0.201 e. The molecule has 0 bridgehead atoms. The lowest BCUT2D eigenvalue weighted by Gasteiger charge is -2.14. The molecule has 0 saturated carbocycles. The summed E-state index contributed by atoms with van der Waals surface area (Å²) in [6.07, 6.45) is 0. The molecule has 3 rings (SSSR count). The number of halogens is 1. The van der Waals surface area contributed by atoms with Crippen LogP contribution < -0.4 is 5.73 Å². The third-order valence-electron chi connectivity index (χ3n) is 3.88. The minimum atomic E-state index is -0.247. The van der Waals surface area contributed by atoms with Gasteiger partial charge in [-0.05, 0) is 30.0 Å². The highest BCUT2D eigenvalue weighted by Crippen LogP contribution is 2.25. The third-order valence-corrected chi connectivity index (χ3v) is 3.88. The Balaban J connectivity index is 2.01. The van der Waals surface area contributed by atoms with Gasteiger partial charge in [0.1, 0.15) is 5.82 Å². The van der Waals surface area contributed by atoms with E-state index in [1.165, 1.54) is 11.6 Å². The summed E-state index contributed by atoms with van der Waals surface area (Å²) >= 11 is 0. The number of imidazole rings is 1. The Bertz CT molecular complexity index is 778. The second-order valence-corrected chi connectivity index (χ2v) is 5.48. The third kappa shape index (κ3) is 2.49. The summed E-state index contributed by atoms with van der Waals surface area (Å²) < 4.78 is 15.6. The Hall–Kier alpha value is -2.36. The Morgan fingerprint density at radius 3 is 2.67 bits per heavy atom. The maximum Gasteiger partial charge on any atom is 0.201 e. The summed E-state index contributed by atoms with van der Waals surface area (Å²) in [6.45, 7) is 4.62. The zero-order valence-corrected chi connectivity index (χ0v) is 12.2. The summed E-state index contributed by atoms with van der Waals surface area (Å²) in [4.78, 5) is 4.26. The van der Waals surface area contributed by atoms with E-state index in [0.717, 1.165) is 12.1 Å². The van der Waals surface area contributed by atoms with Crippen molar-refractivity contribution in [3.05, 3.63) is 59.4 Å². The lowest BCUT2D eigenvalue weighted by Crippen LogP contribution is -2.09. The average molecular weight is 283 g/mol. The van der Waals surface area contributed by atoms with Gasteiger partial charge in [0.15, 0.2) is 0 Å². The van der Waals surface area contributed by atoms with E-state index < -0.39 is 0 Å². The molecule has 0 fully saturated rings. The second kappa shape index (κ2) is 5.20. The maximum atomic E-state index is 13.6. The quantitative estimate of drug-likeness (QED) is 0.793. The molecule has 0 aliphatic heterocycles. The molecule has 3 nitrogen and oxygen atoms in total. The number of aromatic nitrogens is 2. The van der Waals surface area contributed by atoms with Crippen molar-refractivity contribution in [1.82, 2.24) is 9.55 Å². The van der Waals surface area contributed by atoms with E-state index in [4.69, 9.17) is 5.73 Å². The van der Waals surface area contributed by atoms with Gasteiger partial charge in [-0.1, -0.05) is 37.3 Å². The molecule has 2 aromatic carbocycles. The normalized spacial score (nSPS) is 12.7. The van der Waals surface area contributed by atoms with Gasteiger partial charge in [0.2, 0.25) is 5.95 Å². The van der Waals surface area contributed by atoms with E-state index in [2.05, 4.69) is 24.0 Å². The summed E-state index contributed by atoms with van der Waals surface area (Å²) in [5.41, 5.74) is 9.36. The first-order valence-electron chi connectivity index (χ1n) is 7.03. The standard InChI is InChI=1S/C17H18FN3/c1-11-8-16-15(9-14(11)18)20-17(19)21(16)10-12(2)13-6-4-3-5-7-13/h3-9,12H,10H2,1-2H3,(H2,19,20). The molecule has 108 valence electrons. The van der Waals surface area contributed by atoms with Gasteiger partial charge in [0.05, 0.1) is 11.0 Å². The molecule has 0 spiro atoms. The highest BCUT2D eigenvalue weighted by Gasteiger charge is 2.14. The fraction of sp³-hybridized carbons (Fsp3) is 0.235. The van der Waals surface area contributed by atoms with Gasteiger partial charge >= 0.3 is 0 Å². The van der Waals surface area contributed by atoms with Crippen molar-refractivity contribution in [3.8, 4) is 0 Å².